The van der Waals surface area contributed by atoms with Crippen molar-refractivity contribution in [2.45, 2.75) is 19.5 Å². The largest absolute Gasteiger partial charge is 0.463 e. The average Bonchev–Trinajstić information content (AvgIpc) is 2.69. The minimum atomic E-state index is -0.547. The third-order valence-electron chi connectivity index (χ3n) is 4.51. The number of nitrogens with zero attached hydrogens (tertiary/aromatic N) is 1. The molecule has 0 fully saturated rings. The van der Waals surface area contributed by atoms with Crippen molar-refractivity contribution in [2.75, 3.05) is 20.2 Å². The van der Waals surface area contributed by atoms with Crippen LogP contribution < -0.4 is 10.6 Å². The topological polar surface area (TPSA) is 70.7 Å². The van der Waals surface area contributed by atoms with Crippen LogP contribution in [0.25, 0.3) is 0 Å². The molecule has 0 bridgehead atoms. The van der Waals surface area contributed by atoms with Crippen LogP contribution in [0.4, 0.5) is 4.79 Å². The molecular weight excluding hydrogens is 354 g/mol. The number of hydrogen-bond donors (Lipinski definition) is 2. The third kappa shape index (κ3) is 4.78. The molecular formula is C22H25N3O3. The van der Waals surface area contributed by atoms with Gasteiger partial charge in [-0.2, -0.15) is 0 Å². The van der Waals surface area contributed by atoms with Crippen LogP contribution in [-0.4, -0.2) is 37.1 Å². The Kier molecular flexibility index (Phi) is 6.45. The second kappa shape index (κ2) is 9.19. The van der Waals surface area contributed by atoms with Crippen molar-refractivity contribution in [3.8, 4) is 0 Å². The second-order valence-corrected chi connectivity index (χ2v) is 6.71. The Morgan fingerprint density at radius 3 is 2.32 bits per heavy atom. The normalized spacial score (nSPS) is 16.5. The van der Waals surface area contributed by atoms with E-state index in [0.29, 0.717) is 24.4 Å². The van der Waals surface area contributed by atoms with Crippen LogP contribution in [0, 0.1) is 0 Å². The molecule has 146 valence electrons. The van der Waals surface area contributed by atoms with Crippen molar-refractivity contribution in [3.05, 3.63) is 83.1 Å². The first-order valence-electron chi connectivity index (χ1n) is 9.33. The molecule has 3 rings (SSSR count). The van der Waals surface area contributed by atoms with Crippen molar-refractivity contribution >= 4 is 12.0 Å². The van der Waals surface area contributed by atoms with Gasteiger partial charge in [0.05, 0.1) is 18.2 Å². The van der Waals surface area contributed by atoms with Gasteiger partial charge in [-0.25, -0.2) is 9.59 Å². The van der Waals surface area contributed by atoms with Crippen LogP contribution in [0.2, 0.25) is 0 Å². The molecule has 0 aromatic heterocycles. The summed E-state index contributed by atoms with van der Waals surface area (Å²) in [7, 11) is 1.95. The summed E-state index contributed by atoms with van der Waals surface area (Å²) in [4.78, 5) is 27.1. The van der Waals surface area contributed by atoms with Gasteiger partial charge in [0, 0.05) is 18.8 Å². The van der Waals surface area contributed by atoms with Crippen molar-refractivity contribution < 1.29 is 14.3 Å². The first-order valence-corrected chi connectivity index (χ1v) is 9.33. The number of carbonyl (C=O) groups excluding carboxylic acids is 2. The molecule has 0 saturated carbocycles. The summed E-state index contributed by atoms with van der Waals surface area (Å²) in [6.45, 7) is 3.15. The molecule has 2 aromatic carbocycles. The Bertz CT molecular complexity index is 850. The van der Waals surface area contributed by atoms with Crippen LogP contribution in [0.3, 0.4) is 0 Å². The van der Waals surface area contributed by atoms with E-state index in [9.17, 15) is 9.59 Å². The fraction of sp³-hybridized carbons (Fsp3) is 0.273. The zero-order valence-electron chi connectivity index (χ0n) is 16.1. The Labute approximate surface area is 165 Å². The molecule has 0 saturated heterocycles. The molecule has 1 aliphatic heterocycles. The lowest BCUT2D eigenvalue weighted by Crippen LogP contribution is -2.48. The van der Waals surface area contributed by atoms with Gasteiger partial charge in [0.2, 0.25) is 0 Å². The maximum absolute atomic E-state index is 12.7. The fourth-order valence-corrected chi connectivity index (χ4v) is 3.31. The number of carbonyl (C=O) groups is 2. The van der Waals surface area contributed by atoms with E-state index in [2.05, 4.69) is 15.5 Å². The van der Waals surface area contributed by atoms with Gasteiger partial charge in [0.15, 0.2) is 0 Å². The predicted molar refractivity (Wildman–Crippen MR) is 107 cm³/mol. The Hall–Kier alpha value is -3.12. The molecule has 1 aliphatic rings. The number of urea groups is 1. The number of hydrogen-bond acceptors (Lipinski definition) is 4. The van der Waals surface area contributed by atoms with Crippen LogP contribution in [-0.2, 0) is 16.1 Å². The predicted octanol–water partition coefficient (Wildman–Crippen LogP) is 2.99. The highest BCUT2D eigenvalue weighted by Gasteiger charge is 2.33. The van der Waals surface area contributed by atoms with Crippen LogP contribution in [0.1, 0.15) is 24.1 Å². The van der Waals surface area contributed by atoms with Gasteiger partial charge in [-0.3, -0.25) is 4.90 Å². The number of nitrogens with one attached hydrogen (secondary N) is 2. The highest BCUT2D eigenvalue weighted by Crippen LogP contribution is 2.28. The minimum Gasteiger partial charge on any atom is -0.463 e. The van der Waals surface area contributed by atoms with E-state index in [1.54, 1.807) is 6.92 Å². The molecule has 2 aromatic rings. The zero-order valence-corrected chi connectivity index (χ0v) is 16.1. The summed E-state index contributed by atoms with van der Waals surface area (Å²) in [6, 6.07) is 18.6. The van der Waals surface area contributed by atoms with Gasteiger partial charge in [0.25, 0.3) is 0 Å². The lowest BCUT2D eigenvalue weighted by Gasteiger charge is -2.31. The van der Waals surface area contributed by atoms with E-state index in [0.717, 1.165) is 11.1 Å². The first kappa shape index (κ1) is 19.6. The summed E-state index contributed by atoms with van der Waals surface area (Å²) in [5.74, 6) is -0.424. The van der Waals surface area contributed by atoms with E-state index < -0.39 is 12.0 Å². The molecule has 0 unspecified atom stereocenters. The Morgan fingerprint density at radius 1 is 1.04 bits per heavy atom. The molecule has 2 N–H and O–H groups in total. The smallest absolute Gasteiger partial charge is 0.338 e. The van der Waals surface area contributed by atoms with E-state index >= 15 is 0 Å². The van der Waals surface area contributed by atoms with Crippen LogP contribution in [0.5, 0.6) is 0 Å². The Balaban J connectivity index is 1.91. The van der Waals surface area contributed by atoms with E-state index in [1.165, 1.54) is 0 Å². The second-order valence-electron chi connectivity index (χ2n) is 6.71. The van der Waals surface area contributed by atoms with Gasteiger partial charge in [-0.15, -0.1) is 0 Å². The van der Waals surface area contributed by atoms with Gasteiger partial charge in [-0.1, -0.05) is 60.7 Å². The van der Waals surface area contributed by atoms with Gasteiger partial charge < -0.3 is 15.4 Å². The van der Waals surface area contributed by atoms with Crippen LogP contribution >= 0.6 is 0 Å². The van der Waals surface area contributed by atoms with Gasteiger partial charge >= 0.3 is 12.0 Å². The number of amides is 2. The highest BCUT2D eigenvalue weighted by atomic mass is 16.5. The van der Waals surface area contributed by atoms with E-state index in [-0.39, 0.29) is 12.6 Å². The third-order valence-corrected chi connectivity index (χ3v) is 4.51. The summed E-state index contributed by atoms with van der Waals surface area (Å²) >= 11 is 0. The highest BCUT2D eigenvalue weighted by molar-refractivity contribution is 5.95. The van der Waals surface area contributed by atoms with Crippen molar-refractivity contribution in [2.24, 2.45) is 0 Å². The number of esters is 1. The quantitative estimate of drug-likeness (QED) is 0.726. The van der Waals surface area contributed by atoms with Crippen molar-refractivity contribution in [1.29, 1.82) is 0 Å². The van der Waals surface area contributed by atoms with Gasteiger partial charge in [-0.05, 0) is 25.1 Å². The summed E-state index contributed by atoms with van der Waals surface area (Å²) in [5.41, 5.74) is 2.99. The zero-order chi connectivity index (χ0) is 19.9. The number of benzene rings is 2. The molecule has 1 heterocycles. The van der Waals surface area contributed by atoms with Crippen molar-refractivity contribution in [1.82, 2.24) is 15.5 Å². The maximum Gasteiger partial charge on any atom is 0.338 e. The molecule has 0 spiro atoms. The summed E-state index contributed by atoms with van der Waals surface area (Å²) in [6.07, 6.45) is 0. The van der Waals surface area contributed by atoms with Crippen molar-refractivity contribution in [3.63, 3.8) is 0 Å². The van der Waals surface area contributed by atoms with Crippen LogP contribution in [0.15, 0.2) is 71.9 Å². The molecule has 6 heteroatoms. The SMILES string of the molecule is CCOC(=O)C1=C(CN(C)Cc2ccccc2)NC(=O)N[C@@H]1c1ccccc1. The minimum absolute atomic E-state index is 0.269. The van der Waals surface area contributed by atoms with Gasteiger partial charge in [0.1, 0.15) is 0 Å². The molecule has 0 radical (unpaired) electrons. The Morgan fingerprint density at radius 2 is 1.68 bits per heavy atom. The molecule has 28 heavy (non-hydrogen) atoms. The summed E-state index contributed by atoms with van der Waals surface area (Å²) in [5, 5.41) is 5.66. The standard InChI is InChI=1S/C22H25N3O3/c1-3-28-21(26)19-18(15-25(2)14-16-10-6-4-7-11-16)23-22(27)24-20(19)17-12-8-5-9-13-17/h4-13,20H,3,14-15H2,1-2H3,(H2,23,24,27)/t20-/m1/s1. The number of rotatable bonds is 7. The average molecular weight is 379 g/mol. The maximum atomic E-state index is 12.7. The monoisotopic (exact) mass is 379 g/mol. The molecule has 0 aliphatic carbocycles. The molecule has 1 atom stereocenters. The summed E-state index contributed by atoms with van der Waals surface area (Å²) < 4.78 is 5.29. The molecule has 2 amide bonds. The fourth-order valence-electron chi connectivity index (χ4n) is 3.31. The number of ether oxygens (including phenoxy) is 1. The molecule has 6 nitrogen and oxygen atoms in total. The van der Waals surface area contributed by atoms with E-state index in [1.807, 2.05) is 67.7 Å². The lowest BCUT2D eigenvalue weighted by molar-refractivity contribution is -0.139. The lowest BCUT2D eigenvalue weighted by atomic mass is 9.95. The number of likely N-dealkylation sites (N-methyl/N-ethyl adjacent to an activating group) is 1. The first-order chi connectivity index (χ1) is 13.6. The van der Waals surface area contributed by atoms with E-state index in [4.69, 9.17) is 4.74 Å².